The van der Waals surface area contributed by atoms with Crippen molar-refractivity contribution in [2.24, 2.45) is 0 Å². The van der Waals surface area contributed by atoms with Gasteiger partial charge in [0.1, 0.15) is 0 Å². The third kappa shape index (κ3) is 12.8. The molecule has 17 aromatic carbocycles. The second-order valence-corrected chi connectivity index (χ2v) is 28.5. The standard InChI is InChI=1S/C55H35N3.C51H33N3/c1-4-14-45-36(10-1)13-9-19-46(45)37-24-30-42(31-25-37)55-57-53(33-54(58-55)41-28-22-39(23-29-41)52-35-56-34-44-12-3-6-16-48(44)52)40-26-20-38(21-27-40)51-32-43-11-2-5-15-47(43)49-17-7-8-18-50(49)51;1-2-11-34(12-3-1)39-15-10-16-41(29-39)51-53-49(31-50(54-51)38-27-23-36(24-28-38)48-33-52-32-42-14-5-7-18-44(42)48)37-25-21-35(22-26-37)47-30-40-13-4-6-17-43(40)45-19-8-9-20-46(45)47/h1-35H;1-33H. The van der Waals surface area contributed by atoms with Gasteiger partial charge in [0, 0.05) is 80.1 Å². The highest BCUT2D eigenvalue weighted by Gasteiger charge is 2.19. The monoisotopic (exact) mass is 1420 g/mol. The Morgan fingerprint density at radius 1 is 0.134 bits per heavy atom. The minimum Gasteiger partial charge on any atom is -0.263 e. The number of fused-ring (bicyclic) bond motifs is 9. The Bertz CT molecular complexity index is 6990. The van der Waals surface area contributed by atoms with Gasteiger partial charge in [0.05, 0.1) is 22.8 Å². The van der Waals surface area contributed by atoms with Crippen molar-refractivity contribution in [3.05, 3.63) is 413 Å². The summed E-state index contributed by atoms with van der Waals surface area (Å²) >= 11 is 0. The fraction of sp³-hybridized carbons (Fsp3) is 0. The number of nitrogens with zero attached hydrogens (tertiary/aromatic N) is 6. The maximum Gasteiger partial charge on any atom is 0.160 e. The summed E-state index contributed by atoms with van der Waals surface area (Å²) in [5.41, 5.74) is 23.4. The van der Waals surface area contributed by atoms with Crippen molar-refractivity contribution in [3.8, 4) is 135 Å². The third-order valence-corrected chi connectivity index (χ3v) is 21.8. The van der Waals surface area contributed by atoms with Crippen LogP contribution in [0.2, 0.25) is 0 Å². The molecule has 0 aliphatic carbocycles. The molecular formula is C106H68N6. The first-order valence-electron chi connectivity index (χ1n) is 37.9. The minimum atomic E-state index is 0.684. The zero-order valence-corrected chi connectivity index (χ0v) is 60.9. The fourth-order valence-electron chi connectivity index (χ4n) is 16.1. The van der Waals surface area contributed by atoms with Gasteiger partial charge in [-0.15, -0.1) is 0 Å². The predicted octanol–water partition coefficient (Wildman–Crippen LogP) is 27.8. The lowest BCUT2D eigenvalue weighted by atomic mass is 9.92. The van der Waals surface area contributed by atoms with Gasteiger partial charge in [-0.25, -0.2) is 19.9 Å². The SMILES string of the molecule is c1ccc(-c2cccc(-c3nc(-c4ccc(-c5cncc6ccccc56)cc4)cc(-c4ccc(-c5cc6ccccc6c6ccccc56)cc4)n3)c2)cc1.c1ccc2c(-c3ccc(-c4nc(-c5ccc(-c6cncc7ccccc67)cc5)cc(-c5ccc(-c6cc7ccccc7c7ccccc67)cc5)n4)cc3)cccc2c1. The average molecular weight is 1430 g/mol. The molecule has 6 heteroatoms. The highest BCUT2D eigenvalue weighted by atomic mass is 14.9. The van der Waals surface area contributed by atoms with Crippen LogP contribution in [0, 0.1) is 0 Å². The summed E-state index contributed by atoms with van der Waals surface area (Å²) in [6, 6.07) is 138. The van der Waals surface area contributed by atoms with Gasteiger partial charge in [-0.2, -0.15) is 0 Å². The predicted molar refractivity (Wildman–Crippen MR) is 467 cm³/mol. The van der Waals surface area contributed by atoms with Crippen molar-refractivity contribution >= 4 is 75.4 Å². The highest BCUT2D eigenvalue weighted by Crippen LogP contribution is 2.42. The van der Waals surface area contributed by atoms with Crippen molar-refractivity contribution in [2.75, 3.05) is 0 Å². The Labute approximate surface area is 648 Å². The second-order valence-electron chi connectivity index (χ2n) is 28.5. The lowest BCUT2D eigenvalue weighted by Crippen LogP contribution is -1.96. The molecule has 0 spiro atoms. The minimum absolute atomic E-state index is 0.684. The molecule has 4 aromatic heterocycles. The Morgan fingerprint density at radius 3 is 0.875 bits per heavy atom. The van der Waals surface area contributed by atoms with E-state index >= 15 is 0 Å². The zero-order valence-electron chi connectivity index (χ0n) is 60.9. The first kappa shape index (κ1) is 66.5. The normalized spacial score (nSPS) is 11.4. The van der Waals surface area contributed by atoms with Crippen molar-refractivity contribution in [2.45, 2.75) is 0 Å². The molecule has 0 unspecified atom stereocenters. The van der Waals surface area contributed by atoms with Crippen LogP contribution in [0.25, 0.3) is 210 Å². The van der Waals surface area contributed by atoms with E-state index in [1.54, 1.807) is 0 Å². The topological polar surface area (TPSA) is 77.3 Å². The van der Waals surface area contributed by atoms with Crippen molar-refractivity contribution in [1.82, 2.24) is 29.9 Å². The lowest BCUT2D eigenvalue weighted by Gasteiger charge is -2.13. The Hall–Kier alpha value is -15.0. The van der Waals surface area contributed by atoms with Crippen LogP contribution in [0.4, 0.5) is 0 Å². The summed E-state index contributed by atoms with van der Waals surface area (Å²) < 4.78 is 0. The van der Waals surface area contributed by atoms with E-state index in [-0.39, 0.29) is 0 Å². The first-order chi connectivity index (χ1) is 55.5. The van der Waals surface area contributed by atoms with E-state index in [1.807, 2.05) is 30.9 Å². The second kappa shape index (κ2) is 29.0. The molecule has 0 bridgehead atoms. The molecule has 0 aliphatic heterocycles. The number of hydrogen-bond acceptors (Lipinski definition) is 6. The molecule has 522 valence electrons. The average Bonchev–Trinajstić information content (AvgIpc) is 0.749. The molecule has 0 atom stereocenters. The number of pyridine rings is 2. The van der Waals surface area contributed by atoms with Crippen LogP contribution >= 0.6 is 0 Å². The maximum absolute atomic E-state index is 5.22. The summed E-state index contributed by atoms with van der Waals surface area (Å²) in [7, 11) is 0. The Morgan fingerprint density at radius 2 is 0.429 bits per heavy atom. The van der Waals surface area contributed by atoms with E-state index in [9.17, 15) is 0 Å². The third-order valence-electron chi connectivity index (χ3n) is 21.8. The summed E-state index contributed by atoms with van der Waals surface area (Å²) in [5.74, 6) is 1.37. The van der Waals surface area contributed by atoms with E-state index in [0.29, 0.717) is 11.6 Å². The van der Waals surface area contributed by atoms with E-state index in [2.05, 4.69) is 392 Å². The molecule has 0 fully saturated rings. The van der Waals surface area contributed by atoms with Gasteiger partial charge in [-0.3, -0.25) is 9.97 Å². The van der Waals surface area contributed by atoms with Crippen LogP contribution in [-0.2, 0) is 0 Å². The van der Waals surface area contributed by atoms with Gasteiger partial charge < -0.3 is 0 Å². The van der Waals surface area contributed by atoms with Gasteiger partial charge in [0.25, 0.3) is 0 Å². The quantitative estimate of drug-likeness (QED) is 0.113. The van der Waals surface area contributed by atoms with E-state index in [1.165, 1.54) is 92.5 Å². The van der Waals surface area contributed by atoms with Crippen LogP contribution in [0.1, 0.15) is 0 Å². The summed E-state index contributed by atoms with van der Waals surface area (Å²) in [6.45, 7) is 0. The van der Waals surface area contributed by atoms with Crippen LogP contribution in [0.5, 0.6) is 0 Å². The number of rotatable bonds is 12. The van der Waals surface area contributed by atoms with Gasteiger partial charge >= 0.3 is 0 Å². The van der Waals surface area contributed by atoms with E-state index in [4.69, 9.17) is 19.9 Å². The molecule has 0 aliphatic rings. The molecule has 4 heterocycles. The summed E-state index contributed by atoms with van der Waals surface area (Å²) in [5, 5.41) is 17.1. The van der Waals surface area contributed by atoms with Crippen LogP contribution in [0.3, 0.4) is 0 Å². The molecule has 21 aromatic rings. The largest absolute Gasteiger partial charge is 0.263 e. The number of aromatic nitrogens is 6. The molecule has 0 radical (unpaired) electrons. The summed E-state index contributed by atoms with van der Waals surface area (Å²) in [4.78, 5) is 29.9. The zero-order chi connectivity index (χ0) is 74.3. The smallest absolute Gasteiger partial charge is 0.160 e. The Kier molecular flexibility index (Phi) is 17.2. The maximum atomic E-state index is 5.22. The summed E-state index contributed by atoms with van der Waals surface area (Å²) in [6.07, 6.45) is 7.73. The van der Waals surface area contributed by atoms with E-state index < -0.39 is 0 Å². The molecule has 0 saturated carbocycles. The number of benzene rings is 17. The molecule has 21 rings (SSSR count). The van der Waals surface area contributed by atoms with Crippen LogP contribution in [-0.4, -0.2) is 29.9 Å². The Balaban J connectivity index is 0.000000146. The van der Waals surface area contributed by atoms with Gasteiger partial charge in [-0.1, -0.05) is 358 Å². The molecule has 112 heavy (non-hydrogen) atoms. The van der Waals surface area contributed by atoms with Gasteiger partial charge in [0.2, 0.25) is 0 Å². The molecule has 0 amide bonds. The van der Waals surface area contributed by atoms with Crippen molar-refractivity contribution < 1.29 is 0 Å². The van der Waals surface area contributed by atoms with Crippen LogP contribution in [0.15, 0.2) is 413 Å². The molecule has 0 N–H and O–H groups in total. The first-order valence-corrected chi connectivity index (χ1v) is 37.9. The van der Waals surface area contributed by atoms with Gasteiger partial charge in [0.15, 0.2) is 11.6 Å². The molecule has 0 saturated heterocycles. The number of hydrogen-bond donors (Lipinski definition) is 0. The van der Waals surface area contributed by atoms with Gasteiger partial charge in [-0.05, 0) is 151 Å². The van der Waals surface area contributed by atoms with Crippen molar-refractivity contribution in [3.63, 3.8) is 0 Å². The van der Waals surface area contributed by atoms with Crippen molar-refractivity contribution in [1.29, 1.82) is 0 Å². The van der Waals surface area contributed by atoms with E-state index in [0.717, 1.165) is 106 Å². The fourth-order valence-corrected chi connectivity index (χ4v) is 16.1. The lowest BCUT2D eigenvalue weighted by molar-refractivity contribution is 1.18. The molecule has 6 nitrogen and oxygen atoms in total. The van der Waals surface area contributed by atoms with Crippen LogP contribution < -0.4 is 0 Å². The molecular weight excluding hydrogens is 1360 g/mol. The highest BCUT2D eigenvalue weighted by molar-refractivity contribution is 6.15.